The largest absolute Gasteiger partial charge is 0.473 e. The number of hydrogen-bond donors (Lipinski definition) is 0. The fourth-order valence-electron chi connectivity index (χ4n) is 5.37. The Bertz CT molecular complexity index is 1040. The van der Waals surface area contributed by atoms with E-state index in [2.05, 4.69) is 47.1 Å². The lowest BCUT2D eigenvalue weighted by molar-refractivity contribution is -0.0745. The summed E-state index contributed by atoms with van der Waals surface area (Å²) >= 11 is 5.84. The van der Waals surface area contributed by atoms with E-state index in [1.807, 2.05) is 12.1 Å². The number of piperidine rings is 1. The number of nitrogens with zero attached hydrogens (tertiary/aromatic N) is 4. The number of hydrogen-bond acceptors (Lipinski definition) is 6. The Kier molecular flexibility index (Phi) is 7.46. The standard InChI is InChI=1S/C27H34ClFN4O2/c1-19(27-31(2)13-14-33(27)17-23-10-15-34-23)32-11-8-20(9-12-32)25-4-3-5-26(30-25)35-18-21-6-7-22(28)16-24(21)29/h3-7,13-14,16,19-20,23,27H,8-12,15,17-18H2,1-2H3/t19-,23-,27?/m0/s1. The highest BCUT2D eigenvalue weighted by atomic mass is 35.5. The Hall–Kier alpha value is -2.35. The highest BCUT2D eigenvalue weighted by Gasteiger charge is 2.36. The van der Waals surface area contributed by atoms with Crippen molar-refractivity contribution in [3.63, 3.8) is 0 Å². The second-order valence-corrected chi connectivity index (χ2v) is 10.3. The second kappa shape index (κ2) is 10.7. The monoisotopic (exact) mass is 500 g/mol. The van der Waals surface area contributed by atoms with Crippen molar-refractivity contribution in [1.29, 1.82) is 0 Å². The quantitative estimate of drug-likeness (QED) is 0.516. The molecule has 0 amide bonds. The number of benzene rings is 1. The fourth-order valence-corrected chi connectivity index (χ4v) is 5.53. The molecule has 1 aromatic carbocycles. The maximum Gasteiger partial charge on any atom is 0.213 e. The number of halogens is 2. The first kappa shape index (κ1) is 24.3. The van der Waals surface area contributed by atoms with Crippen LogP contribution in [-0.2, 0) is 11.3 Å². The molecule has 6 nitrogen and oxygen atoms in total. The van der Waals surface area contributed by atoms with Gasteiger partial charge in [0.25, 0.3) is 0 Å². The van der Waals surface area contributed by atoms with E-state index in [0.29, 0.717) is 40.7 Å². The van der Waals surface area contributed by atoms with Gasteiger partial charge in [-0.1, -0.05) is 23.7 Å². The van der Waals surface area contributed by atoms with Crippen molar-refractivity contribution in [3.05, 3.63) is 70.9 Å². The molecule has 188 valence electrons. The average molecular weight is 501 g/mol. The molecule has 35 heavy (non-hydrogen) atoms. The summed E-state index contributed by atoms with van der Waals surface area (Å²) in [7, 11) is 2.16. The van der Waals surface area contributed by atoms with Crippen molar-refractivity contribution in [2.24, 2.45) is 0 Å². The molecule has 3 aliphatic heterocycles. The first-order chi connectivity index (χ1) is 17.0. The molecule has 0 N–H and O–H groups in total. The summed E-state index contributed by atoms with van der Waals surface area (Å²) < 4.78 is 25.5. The van der Waals surface area contributed by atoms with Crippen molar-refractivity contribution < 1.29 is 13.9 Å². The summed E-state index contributed by atoms with van der Waals surface area (Å²) in [6.45, 7) is 6.39. The lowest BCUT2D eigenvalue weighted by Gasteiger charge is -2.44. The number of likely N-dealkylation sites (tertiary alicyclic amines) is 1. The van der Waals surface area contributed by atoms with Crippen molar-refractivity contribution in [2.45, 2.75) is 57.0 Å². The Balaban J connectivity index is 1.15. The van der Waals surface area contributed by atoms with Crippen molar-refractivity contribution >= 4 is 11.6 Å². The van der Waals surface area contributed by atoms with Crippen LogP contribution in [0.4, 0.5) is 4.39 Å². The van der Waals surface area contributed by atoms with E-state index < -0.39 is 0 Å². The van der Waals surface area contributed by atoms with Gasteiger partial charge >= 0.3 is 0 Å². The maximum atomic E-state index is 14.1. The van der Waals surface area contributed by atoms with Gasteiger partial charge < -0.3 is 19.3 Å². The molecule has 3 aliphatic rings. The van der Waals surface area contributed by atoms with E-state index in [1.54, 1.807) is 12.1 Å². The first-order valence-electron chi connectivity index (χ1n) is 12.5. The minimum absolute atomic E-state index is 0.126. The zero-order valence-corrected chi connectivity index (χ0v) is 21.2. The van der Waals surface area contributed by atoms with E-state index in [1.165, 1.54) is 6.07 Å². The van der Waals surface area contributed by atoms with E-state index in [4.69, 9.17) is 26.1 Å². The van der Waals surface area contributed by atoms with Crippen LogP contribution < -0.4 is 4.74 Å². The molecule has 2 aromatic rings. The zero-order chi connectivity index (χ0) is 24.4. The summed E-state index contributed by atoms with van der Waals surface area (Å²) in [4.78, 5) is 12.1. The third-order valence-corrected chi connectivity index (χ3v) is 7.78. The molecule has 0 bridgehead atoms. The second-order valence-electron chi connectivity index (χ2n) is 9.83. The van der Waals surface area contributed by atoms with Gasteiger partial charge in [-0.3, -0.25) is 4.90 Å². The van der Waals surface area contributed by atoms with Gasteiger partial charge in [0.15, 0.2) is 0 Å². The van der Waals surface area contributed by atoms with Crippen LogP contribution in [0.3, 0.4) is 0 Å². The van der Waals surface area contributed by atoms with Gasteiger partial charge in [-0.15, -0.1) is 0 Å². The molecule has 3 atom stereocenters. The Morgan fingerprint density at radius 2 is 1.97 bits per heavy atom. The van der Waals surface area contributed by atoms with Gasteiger partial charge in [0.1, 0.15) is 18.6 Å². The van der Waals surface area contributed by atoms with Crippen LogP contribution in [0.1, 0.15) is 43.4 Å². The Labute approximate surface area is 212 Å². The molecular weight excluding hydrogens is 467 g/mol. The summed E-state index contributed by atoms with van der Waals surface area (Å²) in [5.74, 6) is 0.561. The molecule has 0 saturated carbocycles. The number of likely N-dealkylation sites (N-methyl/N-ethyl adjacent to an activating group) is 1. The molecule has 0 aliphatic carbocycles. The topological polar surface area (TPSA) is 41.1 Å². The van der Waals surface area contributed by atoms with Crippen LogP contribution in [0.25, 0.3) is 0 Å². The molecule has 0 spiro atoms. The minimum atomic E-state index is -0.364. The van der Waals surface area contributed by atoms with Crippen LogP contribution >= 0.6 is 11.6 Å². The Morgan fingerprint density at radius 3 is 2.69 bits per heavy atom. The van der Waals surface area contributed by atoms with Gasteiger partial charge in [-0.25, -0.2) is 9.37 Å². The summed E-state index contributed by atoms with van der Waals surface area (Å²) in [6, 6.07) is 10.9. The summed E-state index contributed by atoms with van der Waals surface area (Å²) in [5, 5.41) is 0.378. The van der Waals surface area contributed by atoms with Crippen LogP contribution in [0.2, 0.25) is 5.02 Å². The molecule has 5 rings (SSSR count). The summed E-state index contributed by atoms with van der Waals surface area (Å²) in [6.07, 6.45) is 8.36. The molecule has 2 fully saturated rings. The number of pyridine rings is 1. The van der Waals surface area contributed by atoms with Gasteiger partial charge in [-0.2, -0.15) is 0 Å². The van der Waals surface area contributed by atoms with E-state index in [9.17, 15) is 4.39 Å². The number of aromatic nitrogens is 1. The van der Waals surface area contributed by atoms with E-state index in [-0.39, 0.29) is 12.4 Å². The molecule has 4 heterocycles. The number of rotatable bonds is 8. The third-order valence-electron chi connectivity index (χ3n) is 7.55. The lowest BCUT2D eigenvalue weighted by atomic mass is 9.92. The normalized spacial score (nSPS) is 24.0. The van der Waals surface area contributed by atoms with Crippen molar-refractivity contribution in [1.82, 2.24) is 19.7 Å². The van der Waals surface area contributed by atoms with Crippen LogP contribution in [-0.4, -0.2) is 71.3 Å². The highest BCUT2D eigenvalue weighted by molar-refractivity contribution is 6.30. The summed E-state index contributed by atoms with van der Waals surface area (Å²) in [5.41, 5.74) is 1.52. The average Bonchev–Trinajstić information content (AvgIpc) is 3.20. The zero-order valence-electron chi connectivity index (χ0n) is 20.4. The van der Waals surface area contributed by atoms with Gasteiger partial charge in [-0.05, 0) is 57.5 Å². The molecular formula is C27H34ClFN4O2. The first-order valence-corrected chi connectivity index (χ1v) is 12.9. The smallest absolute Gasteiger partial charge is 0.213 e. The molecule has 0 radical (unpaired) electrons. The minimum Gasteiger partial charge on any atom is -0.473 e. The predicted octanol–water partition coefficient (Wildman–Crippen LogP) is 4.85. The van der Waals surface area contributed by atoms with Gasteiger partial charge in [0.2, 0.25) is 5.88 Å². The van der Waals surface area contributed by atoms with Crippen LogP contribution in [0.5, 0.6) is 5.88 Å². The van der Waals surface area contributed by atoms with Crippen LogP contribution in [0, 0.1) is 5.82 Å². The van der Waals surface area contributed by atoms with Gasteiger partial charge in [0.05, 0.1) is 6.10 Å². The highest BCUT2D eigenvalue weighted by Crippen LogP contribution is 2.31. The van der Waals surface area contributed by atoms with Crippen molar-refractivity contribution in [2.75, 3.05) is 33.3 Å². The maximum absolute atomic E-state index is 14.1. The molecule has 1 aromatic heterocycles. The number of ether oxygens (including phenoxy) is 2. The SMILES string of the molecule is C[C@@H](C1N(C)C=CN1C[C@@H]1CCO1)N1CCC(c2cccc(OCc3ccc(Cl)cc3F)n2)CC1. The fraction of sp³-hybridized carbons (Fsp3) is 0.519. The Morgan fingerprint density at radius 1 is 1.17 bits per heavy atom. The van der Waals surface area contributed by atoms with Gasteiger partial charge in [0, 0.05) is 66.9 Å². The lowest BCUT2D eigenvalue weighted by Crippen LogP contribution is -2.56. The molecule has 8 heteroatoms. The third kappa shape index (κ3) is 5.57. The van der Waals surface area contributed by atoms with Crippen molar-refractivity contribution in [3.8, 4) is 5.88 Å². The van der Waals surface area contributed by atoms with E-state index >= 15 is 0 Å². The molecule has 1 unspecified atom stereocenters. The molecule has 2 saturated heterocycles. The van der Waals surface area contributed by atoms with Crippen LogP contribution in [0.15, 0.2) is 48.8 Å². The van der Waals surface area contributed by atoms with E-state index in [0.717, 1.165) is 51.2 Å². The predicted molar refractivity (Wildman–Crippen MR) is 135 cm³/mol.